The molecule has 0 fully saturated rings. The van der Waals surface area contributed by atoms with E-state index in [0.717, 1.165) is 5.56 Å². The zero-order chi connectivity index (χ0) is 15.2. The summed E-state index contributed by atoms with van der Waals surface area (Å²) in [4.78, 5) is 0. The van der Waals surface area contributed by atoms with Crippen molar-refractivity contribution in [2.24, 2.45) is 0 Å². The molecule has 0 heterocycles. The van der Waals surface area contributed by atoms with Gasteiger partial charge in [0.2, 0.25) is 0 Å². The predicted octanol–water partition coefficient (Wildman–Crippen LogP) is 1.78. The Morgan fingerprint density at radius 1 is 1.25 bits per heavy atom. The maximum Gasteiger partial charge on any atom is 0.150 e. The van der Waals surface area contributed by atoms with Crippen LogP contribution < -0.4 is 0 Å². The molecular formula is C14H21ClO4S. The van der Waals surface area contributed by atoms with Crippen LogP contribution >= 0.6 is 11.6 Å². The van der Waals surface area contributed by atoms with Crippen LogP contribution in [0.15, 0.2) is 24.3 Å². The van der Waals surface area contributed by atoms with Crippen LogP contribution in [0.25, 0.3) is 0 Å². The first-order chi connectivity index (χ1) is 9.39. The van der Waals surface area contributed by atoms with Gasteiger partial charge in [0.25, 0.3) is 0 Å². The van der Waals surface area contributed by atoms with Crippen molar-refractivity contribution in [2.75, 3.05) is 24.7 Å². The average molecular weight is 321 g/mol. The summed E-state index contributed by atoms with van der Waals surface area (Å²) in [7, 11) is -3.04. The van der Waals surface area contributed by atoms with Crippen molar-refractivity contribution >= 4 is 21.4 Å². The minimum absolute atomic E-state index is 0.0613. The highest BCUT2D eigenvalue weighted by atomic mass is 35.5. The van der Waals surface area contributed by atoms with Crippen LogP contribution in [-0.4, -0.2) is 43.4 Å². The highest BCUT2D eigenvalue weighted by molar-refractivity contribution is 7.91. The molecule has 0 radical (unpaired) electrons. The van der Waals surface area contributed by atoms with Gasteiger partial charge in [0.1, 0.15) is 9.84 Å². The summed E-state index contributed by atoms with van der Waals surface area (Å²) in [5.41, 5.74) is -0.127. The van der Waals surface area contributed by atoms with Crippen molar-refractivity contribution in [2.45, 2.75) is 25.2 Å². The molecule has 1 rings (SSSR count). The fourth-order valence-corrected chi connectivity index (χ4v) is 3.19. The summed E-state index contributed by atoms with van der Waals surface area (Å²) in [6, 6.07) is 6.95. The first-order valence-electron chi connectivity index (χ1n) is 6.57. The molecule has 0 saturated carbocycles. The van der Waals surface area contributed by atoms with Gasteiger partial charge >= 0.3 is 0 Å². The normalized spacial score (nSPS) is 12.6. The largest absolute Gasteiger partial charge is 0.395 e. The molecule has 0 aliphatic heterocycles. The predicted molar refractivity (Wildman–Crippen MR) is 80.9 cm³/mol. The van der Waals surface area contributed by atoms with Crippen LogP contribution in [0.2, 0.25) is 5.02 Å². The highest BCUT2D eigenvalue weighted by Gasteiger charge is 2.31. The van der Waals surface area contributed by atoms with Crippen LogP contribution in [-0.2, 0) is 15.3 Å². The van der Waals surface area contributed by atoms with Gasteiger partial charge in [-0.2, -0.15) is 0 Å². The van der Waals surface area contributed by atoms with Gasteiger partial charge < -0.3 is 10.2 Å². The lowest BCUT2D eigenvalue weighted by molar-refractivity contribution is 0.109. The first-order valence-corrected chi connectivity index (χ1v) is 8.77. The van der Waals surface area contributed by atoms with E-state index in [9.17, 15) is 18.6 Å². The number of aliphatic hydroxyl groups excluding tert-OH is 2. The van der Waals surface area contributed by atoms with Crippen molar-refractivity contribution in [3.8, 4) is 0 Å². The topological polar surface area (TPSA) is 74.6 Å². The summed E-state index contributed by atoms with van der Waals surface area (Å²) < 4.78 is 23.0. The number of hydrogen-bond donors (Lipinski definition) is 2. The lowest BCUT2D eigenvalue weighted by Crippen LogP contribution is -2.35. The van der Waals surface area contributed by atoms with Crippen LogP contribution in [0.5, 0.6) is 0 Å². The number of rotatable bonds is 8. The lowest BCUT2D eigenvalue weighted by Gasteiger charge is -2.30. The molecule has 114 valence electrons. The van der Waals surface area contributed by atoms with Gasteiger partial charge in [-0.3, -0.25) is 0 Å². The molecule has 0 atom stereocenters. The molecule has 1 aromatic rings. The molecule has 6 heteroatoms. The molecule has 0 bridgehead atoms. The van der Waals surface area contributed by atoms with Crippen molar-refractivity contribution < 1.29 is 18.6 Å². The number of benzene rings is 1. The van der Waals surface area contributed by atoms with E-state index in [1.807, 2.05) is 0 Å². The molecule has 1 aromatic carbocycles. The SMILES string of the molecule is CCS(=O)(=O)CCCC(CO)(CO)c1cccc(Cl)c1. The third-order valence-electron chi connectivity index (χ3n) is 3.59. The second kappa shape index (κ2) is 7.41. The maximum atomic E-state index is 11.5. The molecule has 0 aliphatic carbocycles. The van der Waals surface area contributed by atoms with Gasteiger partial charge in [-0.25, -0.2) is 8.42 Å². The van der Waals surface area contributed by atoms with Crippen molar-refractivity contribution in [1.29, 1.82) is 0 Å². The Kier molecular flexibility index (Phi) is 6.45. The zero-order valence-corrected chi connectivity index (χ0v) is 13.1. The second-order valence-corrected chi connectivity index (χ2v) is 7.86. The summed E-state index contributed by atoms with van der Waals surface area (Å²) in [5, 5.41) is 19.8. The first kappa shape index (κ1) is 17.4. The third kappa shape index (κ3) is 4.45. The molecule has 2 N–H and O–H groups in total. The van der Waals surface area contributed by atoms with E-state index >= 15 is 0 Å². The molecule has 0 aromatic heterocycles. The van der Waals surface area contributed by atoms with Gasteiger partial charge in [0.05, 0.1) is 19.0 Å². The smallest absolute Gasteiger partial charge is 0.150 e. The monoisotopic (exact) mass is 320 g/mol. The lowest BCUT2D eigenvalue weighted by atomic mass is 9.78. The molecule has 0 unspecified atom stereocenters. The van der Waals surface area contributed by atoms with E-state index in [2.05, 4.69) is 0 Å². The van der Waals surface area contributed by atoms with E-state index in [-0.39, 0.29) is 24.7 Å². The summed E-state index contributed by atoms with van der Waals surface area (Å²) >= 11 is 5.93. The standard InChI is InChI=1S/C14H21ClO4S/c1-2-20(18,19)8-4-7-14(10-16,11-17)12-5-3-6-13(15)9-12/h3,5-6,9,16-17H,2,4,7-8,10-11H2,1H3. The quantitative estimate of drug-likeness (QED) is 0.765. The van der Waals surface area contributed by atoms with E-state index in [1.165, 1.54) is 0 Å². The molecular weight excluding hydrogens is 300 g/mol. The minimum atomic E-state index is -3.04. The Morgan fingerprint density at radius 3 is 2.40 bits per heavy atom. The number of hydrogen-bond acceptors (Lipinski definition) is 4. The van der Waals surface area contributed by atoms with Crippen LogP contribution in [0.3, 0.4) is 0 Å². The van der Waals surface area contributed by atoms with Gasteiger partial charge in [-0.15, -0.1) is 0 Å². The summed E-state index contributed by atoms with van der Waals surface area (Å²) in [6.45, 7) is 1.10. The van der Waals surface area contributed by atoms with Crippen LogP contribution in [0.1, 0.15) is 25.3 Å². The number of sulfone groups is 1. The van der Waals surface area contributed by atoms with Gasteiger partial charge in [-0.05, 0) is 30.5 Å². The fourth-order valence-electron chi connectivity index (χ4n) is 2.13. The Bertz CT molecular complexity index is 524. The zero-order valence-electron chi connectivity index (χ0n) is 11.5. The Morgan fingerprint density at radius 2 is 1.90 bits per heavy atom. The van der Waals surface area contributed by atoms with E-state index < -0.39 is 15.3 Å². The van der Waals surface area contributed by atoms with Crippen molar-refractivity contribution in [3.63, 3.8) is 0 Å². The highest BCUT2D eigenvalue weighted by Crippen LogP contribution is 2.30. The molecule has 0 spiro atoms. The molecule has 0 amide bonds. The second-order valence-electron chi connectivity index (χ2n) is 4.95. The maximum absolute atomic E-state index is 11.5. The van der Waals surface area contributed by atoms with E-state index in [4.69, 9.17) is 11.6 Å². The Labute approximate surface area is 125 Å². The molecule has 0 aliphatic rings. The Balaban J connectivity index is 2.88. The summed E-state index contributed by atoms with van der Waals surface area (Å²) in [6.07, 6.45) is 0.781. The van der Waals surface area contributed by atoms with Crippen LogP contribution in [0, 0.1) is 0 Å². The molecule has 0 saturated heterocycles. The van der Waals surface area contributed by atoms with E-state index in [0.29, 0.717) is 17.9 Å². The number of aliphatic hydroxyl groups is 2. The Hall–Kier alpha value is -0.620. The molecule has 20 heavy (non-hydrogen) atoms. The van der Waals surface area contributed by atoms with E-state index in [1.54, 1.807) is 31.2 Å². The summed E-state index contributed by atoms with van der Waals surface area (Å²) in [5.74, 6) is 0.168. The van der Waals surface area contributed by atoms with Crippen LogP contribution in [0.4, 0.5) is 0 Å². The van der Waals surface area contributed by atoms with Gasteiger partial charge in [-0.1, -0.05) is 30.7 Å². The number of halogens is 1. The van der Waals surface area contributed by atoms with Gasteiger partial charge in [0.15, 0.2) is 0 Å². The van der Waals surface area contributed by atoms with Crippen molar-refractivity contribution in [1.82, 2.24) is 0 Å². The average Bonchev–Trinajstić information content (AvgIpc) is 2.44. The fraction of sp³-hybridized carbons (Fsp3) is 0.571. The third-order valence-corrected chi connectivity index (χ3v) is 5.62. The van der Waals surface area contributed by atoms with Crippen molar-refractivity contribution in [3.05, 3.63) is 34.9 Å². The minimum Gasteiger partial charge on any atom is -0.395 e. The van der Waals surface area contributed by atoms with Gasteiger partial charge in [0, 0.05) is 16.2 Å². The molecule has 4 nitrogen and oxygen atoms in total.